The molecule has 1 heterocycles. The number of rotatable bonds is 2. The molecule has 66 valence electrons. The van der Waals surface area contributed by atoms with Gasteiger partial charge < -0.3 is 0 Å². The molecule has 0 fully saturated rings. The second-order valence-electron chi connectivity index (χ2n) is 2.31. The van der Waals surface area contributed by atoms with Gasteiger partial charge in [0.05, 0.1) is 0 Å². The Labute approximate surface area is 81.9 Å². The summed E-state index contributed by atoms with van der Waals surface area (Å²) < 4.78 is 0. The summed E-state index contributed by atoms with van der Waals surface area (Å²) in [5.74, 6) is 6.17. The number of aldehydes is 1. The maximum Gasteiger partial charge on any atom is 0.168 e. The smallest absolute Gasteiger partial charge is 0.168 e. The lowest BCUT2D eigenvalue weighted by Gasteiger charge is -1.90. The fourth-order valence-electron chi connectivity index (χ4n) is 0.787. The molecule has 0 N–H and O–H groups in total. The molecule has 0 saturated heterocycles. The third kappa shape index (κ3) is 3.27. The summed E-state index contributed by atoms with van der Waals surface area (Å²) in [6.45, 7) is 0. The second kappa shape index (κ2) is 5.34. The lowest BCUT2D eigenvalue weighted by Crippen LogP contribution is -1.88. The van der Waals surface area contributed by atoms with E-state index in [1.165, 1.54) is 0 Å². The summed E-state index contributed by atoms with van der Waals surface area (Å²) >= 11 is 5.45. The van der Waals surface area contributed by atoms with Gasteiger partial charge in [0.25, 0.3) is 0 Å². The van der Waals surface area contributed by atoms with Crippen LogP contribution >= 0.6 is 11.6 Å². The highest BCUT2D eigenvalue weighted by Crippen LogP contribution is 1.95. The molecule has 2 nitrogen and oxygen atoms in total. The second-order valence-corrected chi connectivity index (χ2v) is 2.68. The molecule has 0 radical (unpaired) electrons. The van der Waals surface area contributed by atoms with Gasteiger partial charge in [0.2, 0.25) is 0 Å². The Balaban J connectivity index is 2.79. The van der Waals surface area contributed by atoms with Crippen LogP contribution in [-0.4, -0.2) is 17.2 Å². The lowest BCUT2D eigenvalue weighted by atomic mass is 10.3. The van der Waals surface area contributed by atoms with Gasteiger partial charge in [-0.3, -0.25) is 4.79 Å². The molecular formula is C10H8ClNO. The Kier molecular flexibility index (Phi) is 4.01. The Morgan fingerprint density at radius 2 is 2.38 bits per heavy atom. The lowest BCUT2D eigenvalue weighted by molar-refractivity contribution is 0.111. The van der Waals surface area contributed by atoms with E-state index in [0.717, 1.165) is 0 Å². The molecule has 0 amide bonds. The molecule has 0 aromatic carbocycles. The number of hydrogen-bond acceptors (Lipinski definition) is 2. The highest BCUT2D eigenvalue weighted by atomic mass is 35.5. The summed E-state index contributed by atoms with van der Waals surface area (Å²) in [5, 5.41) is 0. The minimum absolute atomic E-state index is 0.401. The van der Waals surface area contributed by atoms with Crippen LogP contribution in [0, 0.1) is 11.8 Å². The van der Waals surface area contributed by atoms with Gasteiger partial charge in [-0.05, 0) is 18.1 Å². The molecule has 13 heavy (non-hydrogen) atoms. The Morgan fingerprint density at radius 1 is 1.54 bits per heavy atom. The molecule has 1 aromatic rings. The topological polar surface area (TPSA) is 30.0 Å². The van der Waals surface area contributed by atoms with Crippen molar-refractivity contribution in [3.8, 4) is 11.8 Å². The molecule has 1 aromatic heterocycles. The number of aromatic nitrogens is 1. The standard InChI is InChI=1S/C10H8ClNO/c11-7-2-1-4-9-5-3-6-10(8-13)12-9/h3,5-6,8H,2,7H2. The number of alkyl halides is 1. The molecule has 0 spiro atoms. The van der Waals surface area contributed by atoms with Gasteiger partial charge in [-0.15, -0.1) is 11.6 Å². The largest absolute Gasteiger partial charge is 0.296 e. The van der Waals surface area contributed by atoms with Gasteiger partial charge in [0.1, 0.15) is 11.4 Å². The zero-order valence-corrected chi connectivity index (χ0v) is 7.71. The highest BCUT2D eigenvalue weighted by Gasteiger charge is 1.91. The molecule has 0 bridgehead atoms. The van der Waals surface area contributed by atoms with Crippen LogP contribution in [0.15, 0.2) is 18.2 Å². The van der Waals surface area contributed by atoms with Crippen molar-refractivity contribution in [2.45, 2.75) is 6.42 Å². The van der Waals surface area contributed by atoms with Gasteiger partial charge >= 0.3 is 0 Å². The maximum absolute atomic E-state index is 10.4. The fourth-order valence-corrected chi connectivity index (χ4v) is 0.882. The molecule has 0 aliphatic heterocycles. The molecule has 1 rings (SSSR count). The van der Waals surface area contributed by atoms with Crippen molar-refractivity contribution >= 4 is 17.9 Å². The average molecular weight is 194 g/mol. The van der Waals surface area contributed by atoms with E-state index in [1.807, 2.05) is 0 Å². The Bertz CT molecular complexity index is 351. The van der Waals surface area contributed by atoms with Crippen molar-refractivity contribution in [1.82, 2.24) is 4.98 Å². The molecule has 0 atom stereocenters. The third-order valence-corrected chi connectivity index (χ3v) is 1.52. The molecular weight excluding hydrogens is 186 g/mol. The summed E-state index contributed by atoms with van der Waals surface area (Å²) in [6.07, 6.45) is 1.33. The molecule has 0 unspecified atom stereocenters. The van der Waals surface area contributed by atoms with Crippen molar-refractivity contribution in [3.63, 3.8) is 0 Å². The number of nitrogens with zero attached hydrogens (tertiary/aromatic N) is 1. The summed E-state index contributed by atoms with van der Waals surface area (Å²) in [6, 6.07) is 5.15. The van der Waals surface area contributed by atoms with Crippen LogP contribution in [0.25, 0.3) is 0 Å². The van der Waals surface area contributed by atoms with Gasteiger partial charge in [-0.1, -0.05) is 12.0 Å². The molecule has 0 aliphatic rings. The minimum atomic E-state index is 0.401. The zero-order chi connectivity index (χ0) is 9.52. The number of halogens is 1. The van der Waals surface area contributed by atoms with Crippen LogP contribution in [0.2, 0.25) is 0 Å². The highest BCUT2D eigenvalue weighted by molar-refractivity contribution is 6.18. The first-order valence-corrected chi connectivity index (χ1v) is 4.37. The van der Waals surface area contributed by atoms with Gasteiger partial charge in [0, 0.05) is 12.3 Å². The van der Waals surface area contributed by atoms with Gasteiger partial charge in [0.15, 0.2) is 6.29 Å². The summed E-state index contributed by atoms with van der Waals surface area (Å²) in [5.41, 5.74) is 1.01. The Hall–Kier alpha value is -1.33. The number of carbonyl (C=O) groups is 1. The summed E-state index contributed by atoms with van der Waals surface area (Å²) in [4.78, 5) is 14.3. The predicted octanol–water partition coefficient (Wildman–Crippen LogP) is 1.87. The van der Waals surface area contributed by atoms with E-state index >= 15 is 0 Å². The van der Waals surface area contributed by atoms with E-state index in [-0.39, 0.29) is 0 Å². The van der Waals surface area contributed by atoms with Crippen LogP contribution in [0.5, 0.6) is 0 Å². The van der Waals surface area contributed by atoms with Crippen LogP contribution in [0.1, 0.15) is 22.6 Å². The average Bonchev–Trinajstić information content (AvgIpc) is 2.19. The SMILES string of the molecule is O=Cc1cccc(C#CCCCl)n1. The Morgan fingerprint density at radius 3 is 3.08 bits per heavy atom. The normalized spacial score (nSPS) is 8.69. The number of hydrogen-bond donors (Lipinski definition) is 0. The van der Waals surface area contributed by atoms with Crippen LogP contribution < -0.4 is 0 Å². The monoisotopic (exact) mass is 193 g/mol. The van der Waals surface area contributed by atoms with E-state index in [4.69, 9.17) is 11.6 Å². The minimum Gasteiger partial charge on any atom is -0.296 e. The van der Waals surface area contributed by atoms with Gasteiger partial charge in [-0.2, -0.15) is 0 Å². The van der Waals surface area contributed by atoms with Crippen molar-refractivity contribution in [2.75, 3.05) is 5.88 Å². The molecule has 3 heteroatoms. The van der Waals surface area contributed by atoms with E-state index in [2.05, 4.69) is 16.8 Å². The summed E-state index contributed by atoms with van der Waals surface area (Å²) in [7, 11) is 0. The first kappa shape index (κ1) is 9.76. The van der Waals surface area contributed by atoms with E-state index in [0.29, 0.717) is 30.0 Å². The predicted molar refractivity (Wildman–Crippen MR) is 51.8 cm³/mol. The van der Waals surface area contributed by atoms with Crippen molar-refractivity contribution in [2.24, 2.45) is 0 Å². The quantitative estimate of drug-likeness (QED) is 0.408. The molecule has 0 aliphatic carbocycles. The molecule has 0 saturated carbocycles. The van der Waals surface area contributed by atoms with Crippen LogP contribution in [0.4, 0.5) is 0 Å². The van der Waals surface area contributed by atoms with E-state index in [1.54, 1.807) is 18.2 Å². The third-order valence-electron chi connectivity index (χ3n) is 1.33. The van der Waals surface area contributed by atoms with Crippen LogP contribution in [-0.2, 0) is 0 Å². The number of pyridine rings is 1. The maximum atomic E-state index is 10.4. The first-order valence-electron chi connectivity index (χ1n) is 3.84. The van der Waals surface area contributed by atoms with E-state index < -0.39 is 0 Å². The first-order chi connectivity index (χ1) is 6.36. The zero-order valence-electron chi connectivity index (χ0n) is 6.96. The van der Waals surface area contributed by atoms with Crippen LogP contribution in [0.3, 0.4) is 0 Å². The number of carbonyl (C=O) groups excluding carboxylic acids is 1. The van der Waals surface area contributed by atoms with Crippen molar-refractivity contribution in [3.05, 3.63) is 29.6 Å². The van der Waals surface area contributed by atoms with Crippen molar-refractivity contribution in [1.29, 1.82) is 0 Å². The van der Waals surface area contributed by atoms with E-state index in [9.17, 15) is 4.79 Å². The van der Waals surface area contributed by atoms with Crippen molar-refractivity contribution < 1.29 is 4.79 Å². The fraction of sp³-hybridized carbons (Fsp3) is 0.200. The van der Waals surface area contributed by atoms with Gasteiger partial charge in [-0.25, -0.2) is 4.98 Å².